The molecule has 2 aromatic carbocycles. The Morgan fingerprint density at radius 1 is 1.03 bits per heavy atom. The predicted octanol–water partition coefficient (Wildman–Crippen LogP) is 5.31. The zero-order chi connectivity index (χ0) is 20.2. The van der Waals surface area contributed by atoms with E-state index in [2.05, 4.69) is 32.5 Å². The Bertz CT molecular complexity index is 1080. The zero-order valence-electron chi connectivity index (χ0n) is 16.1. The third-order valence-electron chi connectivity index (χ3n) is 4.32. The van der Waals surface area contributed by atoms with Crippen molar-refractivity contribution >= 4 is 23.4 Å². The number of hydrogen-bond acceptors (Lipinski definition) is 6. The smallest absolute Gasteiger partial charge is 0.237 e. The standard InChI is InChI=1S/C21H20ClN5OS/c1-14(2)20-23-19(28-26-20)13-29-21-25-24-18(12-15-6-4-3-5-7-15)27(21)17-10-8-16(22)9-11-17/h3-11,14H,12-13H2,1-2H3. The second-order valence-electron chi connectivity index (χ2n) is 6.86. The zero-order valence-corrected chi connectivity index (χ0v) is 17.7. The highest BCUT2D eigenvalue weighted by atomic mass is 35.5. The number of thioether (sulfide) groups is 1. The molecule has 0 saturated heterocycles. The van der Waals surface area contributed by atoms with Crippen LogP contribution in [-0.4, -0.2) is 24.9 Å². The summed E-state index contributed by atoms with van der Waals surface area (Å²) in [4.78, 5) is 4.44. The van der Waals surface area contributed by atoms with Crippen LogP contribution in [0, 0.1) is 0 Å². The van der Waals surface area contributed by atoms with Crippen LogP contribution in [0.1, 0.15) is 42.9 Å². The minimum Gasteiger partial charge on any atom is -0.338 e. The molecule has 29 heavy (non-hydrogen) atoms. The minimum atomic E-state index is 0.229. The summed E-state index contributed by atoms with van der Waals surface area (Å²) in [5.74, 6) is 2.90. The fourth-order valence-electron chi connectivity index (χ4n) is 2.82. The molecule has 0 bridgehead atoms. The average molecular weight is 426 g/mol. The topological polar surface area (TPSA) is 69.6 Å². The van der Waals surface area contributed by atoms with Crippen LogP contribution in [0.4, 0.5) is 0 Å². The molecular weight excluding hydrogens is 406 g/mol. The Hall–Kier alpha value is -2.64. The molecule has 148 valence electrons. The van der Waals surface area contributed by atoms with Gasteiger partial charge in [-0.1, -0.05) is 72.7 Å². The van der Waals surface area contributed by atoms with E-state index in [9.17, 15) is 0 Å². The van der Waals surface area contributed by atoms with Crippen molar-refractivity contribution in [1.82, 2.24) is 24.9 Å². The molecule has 0 unspecified atom stereocenters. The summed E-state index contributed by atoms with van der Waals surface area (Å²) < 4.78 is 7.40. The molecule has 0 fully saturated rings. The van der Waals surface area contributed by atoms with Crippen molar-refractivity contribution in [2.24, 2.45) is 0 Å². The molecule has 0 radical (unpaired) electrons. The van der Waals surface area contributed by atoms with Crippen molar-refractivity contribution < 1.29 is 4.52 Å². The summed E-state index contributed by atoms with van der Waals surface area (Å²) in [6.07, 6.45) is 0.676. The first kappa shape index (κ1) is 19.7. The molecule has 0 aliphatic heterocycles. The molecule has 0 spiro atoms. The van der Waals surface area contributed by atoms with Gasteiger partial charge in [0.2, 0.25) is 5.89 Å². The summed E-state index contributed by atoms with van der Waals surface area (Å²) >= 11 is 7.59. The normalized spacial score (nSPS) is 11.3. The molecule has 0 aliphatic rings. The summed E-state index contributed by atoms with van der Waals surface area (Å²) in [7, 11) is 0. The number of aromatic nitrogens is 5. The van der Waals surface area contributed by atoms with E-state index in [-0.39, 0.29) is 5.92 Å². The van der Waals surface area contributed by atoms with Gasteiger partial charge in [0.05, 0.1) is 5.75 Å². The lowest BCUT2D eigenvalue weighted by molar-refractivity contribution is 0.382. The van der Waals surface area contributed by atoms with Gasteiger partial charge >= 0.3 is 0 Å². The molecule has 0 aliphatic carbocycles. The predicted molar refractivity (Wildman–Crippen MR) is 114 cm³/mol. The van der Waals surface area contributed by atoms with Crippen LogP contribution in [-0.2, 0) is 12.2 Å². The highest BCUT2D eigenvalue weighted by Gasteiger charge is 2.17. The van der Waals surface area contributed by atoms with Crippen LogP contribution in [0.5, 0.6) is 0 Å². The Morgan fingerprint density at radius 2 is 1.79 bits per heavy atom. The van der Waals surface area contributed by atoms with Crippen molar-refractivity contribution in [1.29, 1.82) is 0 Å². The second-order valence-corrected chi connectivity index (χ2v) is 8.24. The molecule has 4 rings (SSSR count). The molecule has 0 saturated carbocycles. The van der Waals surface area contributed by atoms with Crippen molar-refractivity contribution in [2.75, 3.05) is 0 Å². The van der Waals surface area contributed by atoms with Gasteiger partial charge in [0.1, 0.15) is 5.82 Å². The fourth-order valence-corrected chi connectivity index (χ4v) is 3.76. The Labute approximate surface area is 178 Å². The van der Waals surface area contributed by atoms with Gasteiger partial charge < -0.3 is 4.52 Å². The van der Waals surface area contributed by atoms with Crippen molar-refractivity contribution in [3.8, 4) is 5.69 Å². The van der Waals surface area contributed by atoms with E-state index in [1.165, 1.54) is 17.3 Å². The van der Waals surface area contributed by atoms with Gasteiger partial charge in [0.25, 0.3) is 0 Å². The molecule has 0 atom stereocenters. The lowest BCUT2D eigenvalue weighted by atomic mass is 10.1. The van der Waals surface area contributed by atoms with Crippen LogP contribution < -0.4 is 0 Å². The maximum absolute atomic E-state index is 6.08. The first-order valence-electron chi connectivity index (χ1n) is 9.29. The van der Waals surface area contributed by atoms with Gasteiger partial charge in [-0.25, -0.2) is 0 Å². The van der Waals surface area contributed by atoms with Gasteiger partial charge in [-0.3, -0.25) is 4.57 Å². The van der Waals surface area contributed by atoms with Crippen LogP contribution in [0.25, 0.3) is 5.69 Å². The number of halogens is 1. The van der Waals surface area contributed by atoms with Crippen LogP contribution >= 0.6 is 23.4 Å². The van der Waals surface area contributed by atoms with Crippen molar-refractivity contribution in [3.63, 3.8) is 0 Å². The summed E-state index contributed by atoms with van der Waals surface area (Å²) in [5.41, 5.74) is 2.13. The van der Waals surface area contributed by atoms with Crippen molar-refractivity contribution in [3.05, 3.63) is 82.7 Å². The lowest BCUT2D eigenvalue weighted by Gasteiger charge is -2.10. The first-order valence-corrected chi connectivity index (χ1v) is 10.7. The van der Waals surface area contributed by atoms with Gasteiger partial charge in [0, 0.05) is 23.0 Å². The summed E-state index contributed by atoms with van der Waals surface area (Å²) in [5, 5.41) is 14.3. The van der Waals surface area contributed by atoms with Gasteiger partial charge in [-0.2, -0.15) is 4.98 Å². The number of benzene rings is 2. The minimum absolute atomic E-state index is 0.229. The maximum Gasteiger partial charge on any atom is 0.237 e. The van der Waals surface area contributed by atoms with Gasteiger partial charge in [0.15, 0.2) is 11.0 Å². The van der Waals surface area contributed by atoms with Crippen LogP contribution in [0.3, 0.4) is 0 Å². The Morgan fingerprint density at radius 3 is 2.48 bits per heavy atom. The van der Waals surface area contributed by atoms with Crippen molar-refractivity contribution in [2.45, 2.75) is 37.1 Å². The molecule has 0 amide bonds. The molecule has 2 heterocycles. The van der Waals surface area contributed by atoms with Gasteiger partial charge in [-0.05, 0) is 29.8 Å². The van der Waals surface area contributed by atoms with E-state index in [0.29, 0.717) is 28.9 Å². The number of rotatable bonds is 7. The van der Waals surface area contributed by atoms with E-state index < -0.39 is 0 Å². The summed E-state index contributed by atoms with van der Waals surface area (Å²) in [6.45, 7) is 4.07. The summed E-state index contributed by atoms with van der Waals surface area (Å²) in [6, 6.07) is 17.9. The quantitative estimate of drug-likeness (QED) is 0.374. The molecule has 2 aromatic heterocycles. The van der Waals surface area contributed by atoms with Gasteiger partial charge in [-0.15, -0.1) is 10.2 Å². The monoisotopic (exact) mass is 425 g/mol. The molecular formula is C21H20ClN5OS. The third kappa shape index (κ3) is 4.68. The van der Waals surface area contributed by atoms with E-state index in [0.717, 1.165) is 16.7 Å². The Kier molecular flexibility index (Phi) is 5.97. The second kappa shape index (κ2) is 8.80. The number of nitrogens with zero attached hydrogens (tertiary/aromatic N) is 5. The Balaban J connectivity index is 1.62. The highest BCUT2D eigenvalue weighted by Crippen LogP contribution is 2.27. The molecule has 8 heteroatoms. The van der Waals surface area contributed by atoms with E-state index >= 15 is 0 Å². The average Bonchev–Trinajstić information content (AvgIpc) is 3.35. The SMILES string of the molecule is CC(C)c1noc(CSc2nnc(Cc3ccccc3)n2-c2ccc(Cl)cc2)n1. The highest BCUT2D eigenvalue weighted by molar-refractivity contribution is 7.98. The number of hydrogen-bond donors (Lipinski definition) is 0. The van der Waals surface area contributed by atoms with Crippen LogP contribution in [0.15, 0.2) is 64.3 Å². The first-order chi connectivity index (χ1) is 14.1. The lowest BCUT2D eigenvalue weighted by Crippen LogP contribution is -2.04. The van der Waals surface area contributed by atoms with E-state index in [1.54, 1.807) is 0 Å². The largest absolute Gasteiger partial charge is 0.338 e. The molecule has 4 aromatic rings. The van der Waals surface area contributed by atoms with Crippen LogP contribution in [0.2, 0.25) is 5.02 Å². The molecule has 6 nitrogen and oxygen atoms in total. The molecule has 0 N–H and O–H groups in total. The van der Waals surface area contributed by atoms with E-state index in [4.69, 9.17) is 16.1 Å². The third-order valence-corrected chi connectivity index (χ3v) is 5.48. The van der Waals surface area contributed by atoms with E-state index in [1.807, 2.05) is 60.9 Å². The maximum atomic E-state index is 6.08. The fraction of sp³-hybridized carbons (Fsp3) is 0.238.